The van der Waals surface area contributed by atoms with Gasteiger partial charge in [-0.05, 0) is 48.9 Å². The van der Waals surface area contributed by atoms with Gasteiger partial charge in [0.2, 0.25) is 5.91 Å². The van der Waals surface area contributed by atoms with Gasteiger partial charge in [0.05, 0.1) is 11.1 Å². The molecule has 0 saturated carbocycles. The van der Waals surface area contributed by atoms with Crippen LogP contribution >= 0.6 is 48.8 Å². The number of anilines is 3. The van der Waals surface area contributed by atoms with Crippen molar-refractivity contribution >= 4 is 88.8 Å². The maximum atomic E-state index is 12.1. The number of carbonyl (C=O) groups is 2. The predicted molar refractivity (Wildman–Crippen MR) is 154 cm³/mol. The van der Waals surface area contributed by atoms with E-state index >= 15 is 0 Å². The van der Waals surface area contributed by atoms with Crippen LogP contribution in [0.25, 0.3) is 10.9 Å². The zero-order valence-electron chi connectivity index (χ0n) is 19.8. The molecule has 1 amide bonds. The second-order valence-corrected chi connectivity index (χ2v) is 8.61. The summed E-state index contributed by atoms with van der Waals surface area (Å²) >= 11 is 6.13. The van der Waals surface area contributed by atoms with Crippen molar-refractivity contribution < 1.29 is 14.7 Å². The summed E-state index contributed by atoms with van der Waals surface area (Å²) in [6.07, 6.45) is 2.20. The second kappa shape index (κ2) is 14.3. The number of nitrogens with zero attached hydrogens (tertiary/aromatic N) is 3. The van der Waals surface area contributed by atoms with Gasteiger partial charge in [-0.25, -0.2) is 9.78 Å². The number of hydrogen-bond acceptors (Lipinski definition) is 5. The first-order valence-electron chi connectivity index (χ1n) is 11.2. The Morgan fingerprint density at radius 2 is 1.69 bits per heavy atom. The van der Waals surface area contributed by atoms with Crippen LogP contribution in [0.15, 0.2) is 48.5 Å². The highest BCUT2D eigenvalue weighted by Gasteiger charge is 2.21. The number of fused-ring (bicyclic) bond motifs is 1. The molecule has 196 valence electrons. The molecule has 11 heteroatoms. The number of piperazine rings is 1. The Kier molecular flexibility index (Phi) is 12.6. The molecule has 1 saturated heterocycles. The number of halogens is 4. The zero-order valence-corrected chi connectivity index (χ0v) is 23.0. The van der Waals surface area contributed by atoms with Crippen molar-refractivity contribution in [2.45, 2.75) is 26.2 Å². The molecule has 1 aromatic heterocycles. The molecule has 3 aromatic rings. The van der Waals surface area contributed by atoms with Crippen LogP contribution in [0, 0.1) is 0 Å². The van der Waals surface area contributed by atoms with Gasteiger partial charge in [0.15, 0.2) is 0 Å². The smallest absolute Gasteiger partial charge is 0.336 e. The normalized spacial score (nSPS) is 12.7. The fourth-order valence-corrected chi connectivity index (χ4v) is 4.24. The average Bonchev–Trinajstić information content (AvgIpc) is 2.82. The number of pyridine rings is 1. The molecule has 0 spiro atoms. The maximum Gasteiger partial charge on any atom is 0.336 e. The van der Waals surface area contributed by atoms with Crippen molar-refractivity contribution in [2.75, 3.05) is 41.3 Å². The third-order valence-corrected chi connectivity index (χ3v) is 6.08. The van der Waals surface area contributed by atoms with E-state index < -0.39 is 5.97 Å². The fraction of sp³-hybridized carbons (Fsp3) is 0.320. The van der Waals surface area contributed by atoms with Crippen LogP contribution in [0.4, 0.5) is 17.2 Å². The van der Waals surface area contributed by atoms with Crippen LogP contribution < -0.4 is 15.1 Å². The Balaban J connectivity index is 0.00000216. The number of aromatic nitrogens is 1. The van der Waals surface area contributed by atoms with Crippen LogP contribution in [0.3, 0.4) is 0 Å². The lowest BCUT2D eigenvalue weighted by molar-refractivity contribution is -0.116. The first-order chi connectivity index (χ1) is 15.9. The van der Waals surface area contributed by atoms with Crippen molar-refractivity contribution in [2.24, 2.45) is 0 Å². The minimum atomic E-state index is -1.02. The SMILES string of the molecule is CCCCC(=O)Nc1ccc2nc(N3CCN(c4cccc(Cl)c4)CC3)cc(C(=O)O)c2c1.Cl.Cl.Cl. The predicted octanol–water partition coefficient (Wildman–Crippen LogP) is 6.31. The van der Waals surface area contributed by atoms with Gasteiger partial charge in [0.1, 0.15) is 5.82 Å². The fourth-order valence-electron chi connectivity index (χ4n) is 4.06. The standard InChI is InChI=1S/C25H27ClN4O3.3ClH/c1-2-3-7-24(31)27-18-8-9-22-20(15-18)21(25(32)33)16-23(28-22)30-12-10-29(11-13-30)19-6-4-5-17(26)14-19;;;/h4-6,8-9,14-16H,2-3,7,10-13H2,1H3,(H,27,31)(H,32,33);3*1H. The number of aromatic carboxylic acids is 1. The molecule has 4 rings (SSSR count). The lowest BCUT2D eigenvalue weighted by Gasteiger charge is -2.37. The van der Waals surface area contributed by atoms with Crippen LogP contribution in [-0.2, 0) is 4.79 Å². The molecule has 7 nitrogen and oxygen atoms in total. The third kappa shape index (κ3) is 7.53. The summed E-state index contributed by atoms with van der Waals surface area (Å²) in [5.41, 5.74) is 2.43. The maximum absolute atomic E-state index is 12.1. The van der Waals surface area contributed by atoms with Crippen molar-refractivity contribution in [1.82, 2.24) is 4.98 Å². The summed E-state index contributed by atoms with van der Waals surface area (Å²) in [6.45, 7) is 5.03. The van der Waals surface area contributed by atoms with Gasteiger partial charge in [-0.1, -0.05) is 31.0 Å². The van der Waals surface area contributed by atoms with Gasteiger partial charge in [-0.2, -0.15) is 0 Å². The van der Waals surface area contributed by atoms with Gasteiger partial charge in [0, 0.05) is 54.4 Å². The van der Waals surface area contributed by atoms with Crippen LogP contribution in [-0.4, -0.2) is 48.1 Å². The molecule has 2 heterocycles. The Bertz CT molecular complexity index is 1190. The number of nitrogens with one attached hydrogen (secondary N) is 1. The van der Waals surface area contributed by atoms with E-state index in [4.69, 9.17) is 16.6 Å². The average molecular weight is 576 g/mol. The number of carboxylic acids is 1. The van der Waals surface area contributed by atoms with Crippen LogP contribution in [0.5, 0.6) is 0 Å². The van der Waals surface area contributed by atoms with Crippen molar-refractivity contribution in [3.63, 3.8) is 0 Å². The molecular formula is C25H30Cl4N4O3. The summed E-state index contributed by atoms with van der Waals surface area (Å²) in [4.78, 5) is 33.2. The van der Waals surface area contributed by atoms with E-state index in [0.29, 0.717) is 33.9 Å². The first-order valence-corrected chi connectivity index (χ1v) is 11.6. The van der Waals surface area contributed by atoms with Gasteiger partial charge >= 0.3 is 5.97 Å². The highest BCUT2D eigenvalue weighted by molar-refractivity contribution is 6.30. The summed E-state index contributed by atoms with van der Waals surface area (Å²) in [5, 5.41) is 13.9. The highest BCUT2D eigenvalue weighted by atomic mass is 35.5. The third-order valence-electron chi connectivity index (χ3n) is 5.84. The minimum Gasteiger partial charge on any atom is -0.478 e. The van der Waals surface area contributed by atoms with Crippen LogP contribution in [0.1, 0.15) is 36.5 Å². The Morgan fingerprint density at radius 1 is 1.00 bits per heavy atom. The highest BCUT2D eigenvalue weighted by Crippen LogP contribution is 2.28. The molecule has 1 aliphatic rings. The number of carboxylic acid groups (broad SMARTS) is 1. The molecule has 0 aliphatic carbocycles. The second-order valence-electron chi connectivity index (χ2n) is 8.17. The molecule has 36 heavy (non-hydrogen) atoms. The quantitative estimate of drug-likeness (QED) is 0.343. The number of benzene rings is 2. The number of hydrogen-bond donors (Lipinski definition) is 2. The van der Waals surface area contributed by atoms with E-state index in [1.165, 1.54) is 0 Å². The molecule has 0 unspecified atom stereocenters. The molecule has 1 aliphatic heterocycles. The van der Waals surface area contributed by atoms with E-state index in [1.807, 2.05) is 31.2 Å². The summed E-state index contributed by atoms with van der Waals surface area (Å²) in [5.74, 6) is -0.448. The molecule has 0 atom stereocenters. The molecule has 0 bridgehead atoms. The molecular weight excluding hydrogens is 546 g/mol. The van der Waals surface area contributed by atoms with E-state index in [0.717, 1.165) is 44.7 Å². The van der Waals surface area contributed by atoms with Gasteiger partial charge < -0.3 is 20.2 Å². The lowest BCUT2D eigenvalue weighted by atomic mass is 10.1. The zero-order chi connectivity index (χ0) is 23.4. The molecule has 1 fully saturated rings. The van der Waals surface area contributed by atoms with Crippen LogP contribution in [0.2, 0.25) is 5.02 Å². The molecule has 2 aromatic carbocycles. The van der Waals surface area contributed by atoms with E-state index in [9.17, 15) is 14.7 Å². The lowest BCUT2D eigenvalue weighted by Crippen LogP contribution is -2.46. The van der Waals surface area contributed by atoms with Gasteiger partial charge in [-0.3, -0.25) is 4.79 Å². The minimum absolute atomic E-state index is 0. The largest absolute Gasteiger partial charge is 0.478 e. The first kappa shape index (κ1) is 31.6. The number of rotatable bonds is 7. The molecule has 2 N–H and O–H groups in total. The number of amides is 1. The summed E-state index contributed by atoms with van der Waals surface area (Å²) < 4.78 is 0. The van der Waals surface area contributed by atoms with Crippen molar-refractivity contribution in [3.05, 3.63) is 59.1 Å². The van der Waals surface area contributed by atoms with Crippen molar-refractivity contribution in [1.29, 1.82) is 0 Å². The summed E-state index contributed by atoms with van der Waals surface area (Å²) in [6, 6.07) is 14.6. The Hall–Kier alpha value is -2.45. The number of carbonyl (C=O) groups excluding carboxylic acids is 1. The van der Waals surface area contributed by atoms with Gasteiger partial charge in [-0.15, -0.1) is 37.2 Å². The van der Waals surface area contributed by atoms with E-state index in [2.05, 4.69) is 15.1 Å². The van der Waals surface area contributed by atoms with E-state index in [1.54, 1.807) is 24.3 Å². The Morgan fingerprint density at radius 3 is 2.33 bits per heavy atom. The van der Waals surface area contributed by atoms with Gasteiger partial charge in [0.25, 0.3) is 0 Å². The Labute approximate surface area is 234 Å². The van der Waals surface area contributed by atoms with E-state index in [-0.39, 0.29) is 48.7 Å². The molecule has 0 radical (unpaired) electrons. The topological polar surface area (TPSA) is 85.8 Å². The van der Waals surface area contributed by atoms with Crippen molar-refractivity contribution in [3.8, 4) is 0 Å². The number of unbranched alkanes of at least 4 members (excludes halogenated alkanes) is 1. The monoisotopic (exact) mass is 574 g/mol. The summed E-state index contributed by atoms with van der Waals surface area (Å²) in [7, 11) is 0.